The average molecular weight is 317 g/mol. The van der Waals surface area contributed by atoms with Crippen LogP contribution in [0.3, 0.4) is 0 Å². The van der Waals surface area contributed by atoms with E-state index in [1.807, 2.05) is 24.3 Å². The van der Waals surface area contributed by atoms with Crippen molar-refractivity contribution in [1.82, 2.24) is 0 Å². The first-order valence-corrected chi connectivity index (χ1v) is 8.64. The minimum absolute atomic E-state index is 0.210. The van der Waals surface area contributed by atoms with Gasteiger partial charge >= 0.3 is 5.97 Å². The maximum absolute atomic E-state index is 11.8. The molecule has 1 fully saturated rings. The van der Waals surface area contributed by atoms with E-state index in [1.165, 1.54) is 18.4 Å². The third kappa shape index (κ3) is 5.70. The van der Waals surface area contributed by atoms with Gasteiger partial charge in [-0.1, -0.05) is 38.8 Å². The fourth-order valence-corrected chi connectivity index (χ4v) is 2.98. The van der Waals surface area contributed by atoms with Crippen LogP contribution in [0.25, 0.3) is 0 Å². The molecule has 4 nitrogen and oxygen atoms in total. The highest BCUT2D eigenvalue weighted by atomic mass is 16.5. The molecule has 1 saturated carbocycles. The number of rotatable bonds is 7. The molecule has 1 amide bonds. The number of hydrogen-bond acceptors (Lipinski definition) is 3. The van der Waals surface area contributed by atoms with Gasteiger partial charge in [-0.15, -0.1) is 0 Å². The standard InChI is InChI=1S/C19H27NO3/c1-3-14(2)16-8-10-17(11-9-16)20-18(21)13-23-19(22)12-15-6-4-5-7-15/h8-11,14-15H,3-7,12-13H2,1-2H3,(H,20,21)/t14-/m1/s1. The minimum Gasteiger partial charge on any atom is -0.456 e. The fraction of sp³-hybridized carbons (Fsp3) is 0.579. The first-order valence-electron chi connectivity index (χ1n) is 8.64. The maximum atomic E-state index is 11.8. The minimum atomic E-state index is -0.291. The number of hydrogen-bond donors (Lipinski definition) is 1. The first kappa shape index (κ1) is 17.5. The predicted molar refractivity (Wildman–Crippen MR) is 91.3 cm³/mol. The molecule has 0 aromatic heterocycles. The van der Waals surface area contributed by atoms with Crippen molar-refractivity contribution >= 4 is 17.6 Å². The fourth-order valence-electron chi connectivity index (χ4n) is 2.98. The number of carbonyl (C=O) groups is 2. The smallest absolute Gasteiger partial charge is 0.306 e. The van der Waals surface area contributed by atoms with Crippen LogP contribution in [0.2, 0.25) is 0 Å². The molecule has 1 aromatic rings. The lowest BCUT2D eigenvalue weighted by Crippen LogP contribution is -2.21. The summed E-state index contributed by atoms with van der Waals surface area (Å²) in [4.78, 5) is 23.5. The molecule has 1 atom stereocenters. The van der Waals surface area contributed by atoms with Gasteiger partial charge in [0.2, 0.25) is 0 Å². The molecule has 4 heteroatoms. The number of amides is 1. The summed E-state index contributed by atoms with van der Waals surface area (Å²) >= 11 is 0. The Balaban J connectivity index is 1.72. The Morgan fingerprint density at radius 1 is 1.22 bits per heavy atom. The van der Waals surface area contributed by atoms with E-state index in [1.54, 1.807) is 0 Å². The molecule has 1 aromatic carbocycles. The summed E-state index contributed by atoms with van der Waals surface area (Å²) in [6.45, 7) is 4.12. The van der Waals surface area contributed by atoms with E-state index < -0.39 is 0 Å². The van der Waals surface area contributed by atoms with Gasteiger partial charge < -0.3 is 10.1 Å². The first-order chi connectivity index (χ1) is 11.1. The molecule has 0 unspecified atom stereocenters. The van der Waals surface area contributed by atoms with Crippen molar-refractivity contribution < 1.29 is 14.3 Å². The van der Waals surface area contributed by atoms with Crippen molar-refractivity contribution in [1.29, 1.82) is 0 Å². The molecule has 0 aliphatic heterocycles. The second kappa shape index (κ2) is 8.70. The van der Waals surface area contributed by atoms with Crippen LogP contribution in [0.4, 0.5) is 5.69 Å². The van der Waals surface area contributed by atoms with Gasteiger partial charge in [-0.3, -0.25) is 9.59 Å². The lowest BCUT2D eigenvalue weighted by Gasteiger charge is -2.11. The largest absolute Gasteiger partial charge is 0.456 e. The number of anilines is 1. The van der Waals surface area contributed by atoms with Crippen molar-refractivity contribution in [2.75, 3.05) is 11.9 Å². The summed E-state index contributed by atoms with van der Waals surface area (Å²) in [6, 6.07) is 7.82. The quantitative estimate of drug-likeness (QED) is 0.764. The van der Waals surface area contributed by atoms with Crippen LogP contribution in [0.1, 0.15) is 63.9 Å². The molecule has 0 spiro atoms. The monoisotopic (exact) mass is 317 g/mol. The molecule has 1 aliphatic carbocycles. The SMILES string of the molecule is CC[C@@H](C)c1ccc(NC(=O)COC(=O)CC2CCCC2)cc1. The maximum Gasteiger partial charge on any atom is 0.306 e. The van der Waals surface area contributed by atoms with E-state index in [9.17, 15) is 9.59 Å². The van der Waals surface area contributed by atoms with E-state index in [4.69, 9.17) is 4.74 Å². The van der Waals surface area contributed by atoms with Crippen molar-refractivity contribution in [2.24, 2.45) is 5.92 Å². The lowest BCUT2D eigenvalue weighted by atomic mass is 9.99. The summed E-state index contributed by atoms with van der Waals surface area (Å²) in [5.74, 6) is 0.398. The van der Waals surface area contributed by atoms with Gasteiger partial charge in [0.1, 0.15) is 0 Å². The number of esters is 1. The van der Waals surface area contributed by atoms with Crippen molar-refractivity contribution in [2.45, 2.75) is 58.3 Å². The summed E-state index contributed by atoms with van der Waals surface area (Å²) in [5.41, 5.74) is 1.99. The molecule has 23 heavy (non-hydrogen) atoms. The summed E-state index contributed by atoms with van der Waals surface area (Å²) < 4.78 is 5.07. The molecular formula is C19H27NO3. The van der Waals surface area contributed by atoms with Gasteiger partial charge in [-0.2, -0.15) is 0 Å². The van der Waals surface area contributed by atoms with Crippen LogP contribution >= 0.6 is 0 Å². The zero-order valence-electron chi connectivity index (χ0n) is 14.1. The third-order valence-electron chi connectivity index (χ3n) is 4.67. The van der Waals surface area contributed by atoms with Crippen LogP contribution in [-0.4, -0.2) is 18.5 Å². The molecule has 0 radical (unpaired) electrons. The Morgan fingerprint density at radius 2 is 1.87 bits per heavy atom. The third-order valence-corrected chi connectivity index (χ3v) is 4.67. The Morgan fingerprint density at radius 3 is 2.48 bits per heavy atom. The highest BCUT2D eigenvalue weighted by Gasteiger charge is 2.19. The molecule has 0 saturated heterocycles. The Labute approximate surface area is 138 Å². The van der Waals surface area contributed by atoms with E-state index in [-0.39, 0.29) is 18.5 Å². The molecule has 0 bridgehead atoms. The highest BCUT2D eigenvalue weighted by Crippen LogP contribution is 2.27. The summed E-state index contributed by atoms with van der Waals surface area (Å²) in [7, 11) is 0. The average Bonchev–Trinajstić information content (AvgIpc) is 3.06. The molecular weight excluding hydrogens is 290 g/mol. The topological polar surface area (TPSA) is 55.4 Å². The van der Waals surface area contributed by atoms with Gasteiger partial charge in [0.05, 0.1) is 0 Å². The highest BCUT2D eigenvalue weighted by molar-refractivity contribution is 5.92. The van der Waals surface area contributed by atoms with Gasteiger partial charge in [-0.05, 0) is 48.8 Å². The van der Waals surface area contributed by atoms with E-state index in [2.05, 4.69) is 19.2 Å². The second-order valence-electron chi connectivity index (χ2n) is 6.49. The number of benzene rings is 1. The van der Waals surface area contributed by atoms with Gasteiger partial charge in [0, 0.05) is 12.1 Å². The van der Waals surface area contributed by atoms with E-state index in [0.717, 1.165) is 24.9 Å². The summed E-state index contributed by atoms with van der Waals surface area (Å²) in [6.07, 6.45) is 6.13. The Hall–Kier alpha value is -1.84. The van der Waals surface area contributed by atoms with Gasteiger partial charge in [0.15, 0.2) is 6.61 Å². The van der Waals surface area contributed by atoms with Gasteiger partial charge in [0.25, 0.3) is 5.91 Å². The van der Waals surface area contributed by atoms with Crippen molar-refractivity contribution in [3.8, 4) is 0 Å². The van der Waals surface area contributed by atoms with Gasteiger partial charge in [-0.25, -0.2) is 0 Å². The zero-order chi connectivity index (χ0) is 16.7. The van der Waals surface area contributed by atoms with Crippen LogP contribution in [0.15, 0.2) is 24.3 Å². The van der Waals surface area contributed by atoms with E-state index >= 15 is 0 Å². The van der Waals surface area contributed by atoms with Crippen LogP contribution in [0, 0.1) is 5.92 Å². The lowest BCUT2D eigenvalue weighted by molar-refractivity contribution is -0.148. The predicted octanol–water partition coefficient (Wildman–Crippen LogP) is 4.26. The molecule has 1 N–H and O–H groups in total. The number of carbonyl (C=O) groups excluding carboxylic acids is 2. The molecule has 0 heterocycles. The number of ether oxygens (including phenoxy) is 1. The normalized spacial score (nSPS) is 16.1. The molecule has 2 rings (SSSR count). The van der Waals surface area contributed by atoms with Crippen LogP contribution in [-0.2, 0) is 14.3 Å². The van der Waals surface area contributed by atoms with Crippen LogP contribution < -0.4 is 5.32 Å². The molecule has 1 aliphatic rings. The van der Waals surface area contributed by atoms with E-state index in [0.29, 0.717) is 18.3 Å². The van der Waals surface area contributed by atoms with Crippen molar-refractivity contribution in [3.63, 3.8) is 0 Å². The summed E-state index contributed by atoms with van der Waals surface area (Å²) in [5, 5.41) is 2.76. The zero-order valence-corrected chi connectivity index (χ0v) is 14.1. The molecule has 126 valence electrons. The van der Waals surface area contributed by atoms with Crippen LogP contribution in [0.5, 0.6) is 0 Å². The Kier molecular flexibility index (Phi) is 6.63. The second-order valence-corrected chi connectivity index (χ2v) is 6.49. The number of nitrogens with one attached hydrogen (secondary N) is 1. The Bertz CT molecular complexity index is 518. The van der Waals surface area contributed by atoms with Crippen molar-refractivity contribution in [3.05, 3.63) is 29.8 Å².